The lowest BCUT2D eigenvalue weighted by Gasteiger charge is -2.17. The van der Waals surface area contributed by atoms with Crippen LogP contribution in [0, 0.1) is 0 Å². The van der Waals surface area contributed by atoms with E-state index in [2.05, 4.69) is 10.6 Å². The van der Waals surface area contributed by atoms with E-state index in [1.165, 1.54) is 18.3 Å². The van der Waals surface area contributed by atoms with Gasteiger partial charge in [0.15, 0.2) is 0 Å². The molecule has 1 aliphatic carbocycles. The number of para-hydroxylation sites is 1. The molecule has 2 amide bonds. The van der Waals surface area contributed by atoms with Gasteiger partial charge in [-0.15, -0.1) is 11.3 Å². The van der Waals surface area contributed by atoms with E-state index in [0.29, 0.717) is 0 Å². The van der Waals surface area contributed by atoms with E-state index in [0.717, 1.165) is 46.9 Å². The van der Waals surface area contributed by atoms with Gasteiger partial charge in [0.25, 0.3) is 0 Å². The second kappa shape index (κ2) is 7.98. The van der Waals surface area contributed by atoms with Crippen LogP contribution >= 0.6 is 11.3 Å². The number of fused-ring (bicyclic) bond motifs is 1. The fourth-order valence-corrected chi connectivity index (χ4v) is 4.38. The SMILES string of the molecule is CC(=O)NC(CC(=O)Nc1c2c(nn1-c1ccccc1)CCC2)c1cccs1. The zero-order valence-electron chi connectivity index (χ0n) is 15.6. The molecule has 0 bridgehead atoms. The number of hydrogen-bond acceptors (Lipinski definition) is 4. The lowest BCUT2D eigenvalue weighted by molar-refractivity contribution is -0.120. The van der Waals surface area contributed by atoms with Crippen LogP contribution < -0.4 is 10.6 Å². The first kappa shape index (κ1) is 18.4. The summed E-state index contributed by atoms with van der Waals surface area (Å²) in [5.74, 6) is 0.455. The average Bonchev–Trinajstić information content (AvgIpc) is 3.40. The number of carbonyl (C=O) groups excluding carboxylic acids is 2. The van der Waals surface area contributed by atoms with Crippen LogP contribution in [0.3, 0.4) is 0 Å². The molecule has 0 spiro atoms. The fourth-order valence-electron chi connectivity index (χ4n) is 3.60. The zero-order chi connectivity index (χ0) is 19.5. The highest BCUT2D eigenvalue weighted by atomic mass is 32.1. The van der Waals surface area contributed by atoms with Crippen molar-refractivity contribution in [1.29, 1.82) is 0 Å². The average molecular weight is 395 g/mol. The van der Waals surface area contributed by atoms with Crippen molar-refractivity contribution in [3.05, 3.63) is 64.0 Å². The number of thiophene rings is 1. The normalized spacial score (nSPS) is 13.8. The molecule has 1 aromatic carbocycles. The van der Waals surface area contributed by atoms with E-state index in [-0.39, 0.29) is 24.3 Å². The van der Waals surface area contributed by atoms with Crippen LogP contribution in [0.1, 0.15) is 41.9 Å². The highest BCUT2D eigenvalue weighted by molar-refractivity contribution is 7.10. The van der Waals surface area contributed by atoms with E-state index in [9.17, 15) is 9.59 Å². The molecule has 2 aromatic heterocycles. The molecule has 6 nitrogen and oxygen atoms in total. The number of amides is 2. The monoisotopic (exact) mass is 394 g/mol. The second-order valence-corrected chi connectivity index (χ2v) is 7.87. The molecule has 4 rings (SSSR count). The van der Waals surface area contributed by atoms with Crippen LogP contribution in [-0.4, -0.2) is 21.6 Å². The number of benzene rings is 1. The van der Waals surface area contributed by atoms with E-state index in [1.807, 2.05) is 52.5 Å². The number of aryl methyl sites for hydroxylation is 1. The first-order chi connectivity index (χ1) is 13.6. The number of hydrogen-bond donors (Lipinski definition) is 2. The second-order valence-electron chi connectivity index (χ2n) is 6.90. The van der Waals surface area contributed by atoms with Crippen LogP contribution in [0.15, 0.2) is 47.8 Å². The number of rotatable bonds is 6. The number of nitrogens with zero attached hydrogens (tertiary/aromatic N) is 2. The summed E-state index contributed by atoms with van der Waals surface area (Å²) >= 11 is 1.53. The highest BCUT2D eigenvalue weighted by Gasteiger charge is 2.25. The molecule has 1 atom stereocenters. The first-order valence-electron chi connectivity index (χ1n) is 9.38. The summed E-state index contributed by atoms with van der Waals surface area (Å²) in [6, 6.07) is 13.3. The van der Waals surface area contributed by atoms with Crippen molar-refractivity contribution < 1.29 is 9.59 Å². The van der Waals surface area contributed by atoms with Gasteiger partial charge < -0.3 is 10.6 Å². The Morgan fingerprint density at radius 3 is 2.71 bits per heavy atom. The Bertz CT molecular complexity index is 980. The summed E-state index contributed by atoms with van der Waals surface area (Å²) in [6.45, 7) is 1.47. The summed E-state index contributed by atoms with van der Waals surface area (Å²) in [5, 5.41) is 12.6. The van der Waals surface area contributed by atoms with Crippen molar-refractivity contribution in [2.75, 3.05) is 5.32 Å². The molecule has 1 unspecified atom stereocenters. The van der Waals surface area contributed by atoms with E-state index < -0.39 is 0 Å². The standard InChI is InChI=1S/C21H22N4O2S/c1-14(26)22-18(19-11-6-12-28-19)13-20(27)23-21-16-9-5-10-17(16)24-25(21)15-7-3-2-4-8-15/h2-4,6-8,11-12,18H,5,9-10,13H2,1H3,(H,22,26)(H,23,27). The number of nitrogens with one attached hydrogen (secondary N) is 2. The van der Waals surface area contributed by atoms with Gasteiger partial charge in [-0.1, -0.05) is 24.3 Å². The van der Waals surface area contributed by atoms with Crippen molar-refractivity contribution in [2.24, 2.45) is 0 Å². The van der Waals surface area contributed by atoms with Gasteiger partial charge in [-0.25, -0.2) is 4.68 Å². The molecular weight excluding hydrogens is 372 g/mol. The molecule has 1 aliphatic rings. The van der Waals surface area contributed by atoms with Gasteiger partial charge in [0.1, 0.15) is 5.82 Å². The van der Waals surface area contributed by atoms with Gasteiger partial charge in [-0.3, -0.25) is 9.59 Å². The maximum atomic E-state index is 12.9. The highest BCUT2D eigenvalue weighted by Crippen LogP contribution is 2.31. The van der Waals surface area contributed by atoms with Crippen molar-refractivity contribution in [2.45, 2.75) is 38.6 Å². The van der Waals surface area contributed by atoms with Crippen molar-refractivity contribution in [3.63, 3.8) is 0 Å². The van der Waals surface area contributed by atoms with Crippen LogP contribution in [0.4, 0.5) is 5.82 Å². The van der Waals surface area contributed by atoms with Crippen LogP contribution in [-0.2, 0) is 22.4 Å². The molecule has 28 heavy (non-hydrogen) atoms. The third-order valence-electron chi connectivity index (χ3n) is 4.82. The zero-order valence-corrected chi connectivity index (χ0v) is 16.5. The Hall–Kier alpha value is -2.93. The van der Waals surface area contributed by atoms with Crippen LogP contribution in [0.2, 0.25) is 0 Å². The predicted molar refractivity (Wildman–Crippen MR) is 110 cm³/mol. The van der Waals surface area contributed by atoms with Gasteiger partial charge in [0, 0.05) is 17.4 Å². The Labute approximate surface area is 167 Å². The lowest BCUT2D eigenvalue weighted by atomic mass is 10.1. The molecule has 0 fully saturated rings. The van der Waals surface area contributed by atoms with Crippen molar-refractivity contribution >= 4 is 29.0 Å². The Morgan fingerprint density at radius 1 is 1.18 bits per heavy atom. The van der Waals surface area contributed by atoms with E-state index >= 15 is 0 Å². The molecule has 0 radical (unpaired) electrons. The minimum Gasteiger partial charge on any atom is -0.348 e. The van der Waals surface area contributed by atoms with E-state index in [4.69, 9.17) is 5.10 Å². The third-order valence-corrected chi connectivity index (χ3v) is 5.81. The topological polar surface area (TPSA) is 76.0 Å². The molecule has 0 aliphatic heterocycles. The van der Waals surface area contributed by atoms with E-state index in [1.54, 1.807) is 0 Å². The summed E-state index contributed by atoms with van der Waals surface area (Å²) in [4.78, 5) is 25.4. The molecule has 0 saturated heterocycles. The Kier molecular flexibility index (Phi) is 5.25. The number of carbonyl (C=O) groups is 2. The van der Waals surface area contributed by atoms with Gasteiger partial charge in [-0.2, -0.15) is 5.10 Å². The molecule has 0 saturated carbocycles. The molecular formula is C21H22N4O2S. The summed E-state index contributed by atoms with van der Waals surface area (Å²) in [7, 11) is 0. The molecule has 2 N–H and O–H groups in total. The Morgan fingerprint density at radius 2 is 2.00 bits per heavy atom. The summed E-state index contributed by atoms with van der Waals surface area (Å²) < 4.78 is 1.82. The van der Waals surface area contributed by atoms with Crippen LogP contribution in [0.5, 0.6) is 0 Å². The lowest BCUT2D eigenvalue weighted by Crippen LogP contribution is -2.29. The molecule has 7 heteroatoms. The van der Waals surface area contributed by atoms with Gasteiger partial charge in [0.2, 0.25) is 11.8 Å². The van der Waals surface area contributed by atoms with Crippen molar-refractivity contribution in [3.8, 4) is 5.69 Å². The smallest absolute Gasteiger partial charge is 0.227 e. The maximum absolute atomic E-state index is 12.9. The predicted octanol–water partition coefficient (Wildman–Crippen LogP) is 3.63. The fraction of sp³-hybridized carbons (Fsp3) is 0.286. The maximum Gasteiger partial charge on any atom is 0.227 e. The van der Waals surface area contributed by atoms with Crippen LogP contribution in [0.25, 0.3) is 5.69 Å². The summed E-state index contributed by atoms with van der Waals surface area (Å²) in [5.41, 5.74) is 3.09. The molecule has 3 aromatic rings. The number of anilines is 1. The first-order valence-corrected chi connectivity index (χ1v) is 10.3. The number of aromatic nitrogens is 2. The van der Waals surface area contributed by atoms with Gasteiger partial charge in [-0.05, 0) is 42.8 Å². The molecule has 2 heterocycles. The van der Waals surface area contributed by atoms with Gasteiger partial charge >= 0.3 is 0 Å². The van der Waals surface area contributed by atoms with Crippen molar-refractivity contribution in [1.82, 2.24) is 15.1 Å². The third kappa shape index (κ3) is 3.84. The van der Waals surface area contributed by atoms with Gasteiger partial charge in [0.05, 0.1) is 23.8 Å². The Balaban J connectivity index is 1.58. The minimum absolute atomic E-state index is 0.140. The quantitative estimate of drug-likeness (QED) is 0.670. The molecule has 144 valence electrons. The minimum atomic E-state index is -0.335. The largest absolute Gasteiger partial charge is 0.348 e. The summed E-state index contributed by atoms with van der Waals surface area (Å²) in [6.07, 6.45) is 3.08.